The third-order valence-electron chi connectivity index (χ3n) is 5.16. The maximum absolute atomic E-state index is 12.3. The van der Waals surface area contributed by atoms with Crippen LogP contribution in [0.3, 0.4) is 0 Å². The molecule has 3 rings (SSSR count). The van der Waals surface area contributed by atoms with Crippen LogP contribution in [0, 0.1) is 0 Å². The van der Waals surface area contributed by atoms with E-state index in [0.29, 0.717) is 12.4 Å². The first-order valence-electron chi connectivity index (χ1n) is 11.2. The number of rotatable bonds is 11. The minimum absolute atomic E-state index is 0.324. The van der Waals surface area contributed by atoms with Crippen LogP contribution in [-0.2, 0) is 11.4 Å². The molecule has 0 unspecified atom stereocenters. The van der Waals surface area contributed by atoms with Gasteiger partial charge < -0.3 is 14.4 Å². The van der Waals surface area contributed by atoms with Gasteiger partial charge in [0.05, 0.1) is 6.21 Å². The zero-order valence-corrected chi connectivity index (χ0v) is 19.4. The van der Waals surface area contributed by atoms with E-state index in [1.165, 1.54) is 5.69 Å². The lowest BCUT2D eigenvalue weighted by molar-refractivity contribution is -0.127. The first-order chi connectivity index (χ1) is 16.1. The molecule has 0 saturated heterocycles. The number of carbonyl (C=O) groups is 1. The van der Waals surface area contributed by atoms with Crippen molar-refractivity contribution >= 4 is 17.8 Å². The van der Waals surface area contributed by atoms with E-state index in [1.807, 2.05) is 54.6 Å². The molecule has 0 aliphatic rings. The van der Waals surface area contributed by atoms with E-state index < -0.39 is 6.10 Å². The van der Waals surface area contributed by atoms with Crippen molar-refractivity contribution in [3.8, 4) is 11.5 Å². The lowest BCUT2D eigenvalue weighted by Gasteiger charge is -2.20. The quantitative estimate of drug-likeness (QED) is 0.332. The number of hydrazone groups is 1. The predicted octanol–water partition coefficient (Wildman–Crippen LogP) is 5.03. The van der Waals surface area contributed by atoms with Gasteiger partial charge in [0.2, 0.25) is 0 Å². The summed E-state index contributed by atoms with van der Waals surface area (Å²) >= 11 is 0. The van der Waals surface area contributed by atoms with E-state index in [-0.39, 0.29) is 5.91 Å². The van der Waals surface area contributed by atoms with Crippen molar-refractivity contribution in [2.24, 2.45) is 5.10 Å². The Bertz CT molecular complexity index is 1010. The zero-order valence-electron chi connectivity index (χ0n) is 19.4. The summed E-state index contributed by atoms with van der Waals surface area (Å²) < 4.78 is 11.5. The largest absolute Gasteiger partial charge is 0.489 e. The van der Waals surface area contributed by atoms with Crippen LogP contribution >= 0.6 is 0 Å². The molecule has 3 aromatic carbocycles. The van der Waals surface area contributed by atoms with Crippen LogP contribution < -0.4 is 19.8 Å². The number of carbonyl (C=O) groups excluding carboxylic acids is 1. The maximum Gasteiger partial charge on any atom is 0.280 e. The predicted molar refractivity (Wildman–Crippen MR) is 133 cm³/mol. The molecule has 0 spiro atoms. The standard InChI is InChI=1S/C27H31N3O3/c1-4-30(5-2)24-13-11-22(12-14-24)19-28-29-27(31)21(3)33-26-17-15-25(16-18-26)32-20-23-9-7-6-8-10-23/h6-19,21H,4-5,20H2,1-3H3,(H,29,31)/b28-19-/t21-/m0/s1. The second-order valence-electron chi connectivity index (χ2n) is 7.50. The van der Waals surface area contributed by atoms with Gasteiger partial charge in [0.25, 0.3) is 5.91 Å². The van der Waals surface area contributed by atoms with Crippen molar-refractivity contribution in [3.63, 3.8) is 0 Å². The van der Waals surface area contributed by atoms with Crippen molar-refractivity contribution < 1.29 is 14.3 Å². The van der Waals surface area contributed by atoms with Crippen LogP contribution in [-0.4, -0.2) is 31.3 Å². The molecular weight excluding hydrogens is 414 g/mol. The molecule has 6 heteroatoms. The first kappa shape index (κ1) is 23.9. The van der Waals surface area contributed by atoms with E-state index in [0.717, 1.165) is 30.0 Å². The van der Waals surface area contributed by atoms with E-state index in [1.54, 1.807) is 25.3 Å². The average molecular weight is 446 g/mol. The van der Waals surface area contributed by atoms with Crippen molar-refractivity contribution in [1.29, 1.82) is 0 Å². The highest BCUT2D eigenvalue weighted by molar-refractivity contribution is 5.84. The second kappa shape index (κ2) is 12.3. The van der Waals surface area contributed by atoms with Crippen molar-refractivity contribution in [2.45, 2.75) is 33.5 Å². The SMILES string of the molecule is CCN(CC)c1ccc(/C=N\NC(=O)[C@H](C)Oc2ccc(OCc3ccccc3)cc2)cc1. The number of amides is 1. The molecule has 1 amide bonds. The fourth-order valence-corrected chi connectivity index (χ4v) is 3.23. The minimum Gasteiger partial charge on any atom is -0.489 e. The van der Waals surface area contributed by atoms with Crippen LogP contribution in [0.4, 0.5) is 5.69 Å². The Balaban J connectivity index is 1.45. The van der Waals surface area contributed by atoms with Gasteiger partial charge in [-0.15, -0.1) is 0 Å². The van der Waals surface area contributed by atoms with Crippen molar-refractivity contribution in [2.75, 3.05) is 18.0 Å². The zero-order chi connectivity index (χ0) is 23.5. The summed E-state index contributed by atoms with van der Waals surface area (Å²) in [4.78, 5) is 14.6. The van der Waals surface area contributed by atoms with Crippen LogP contribution in [0.1, 0.15) is 31.9 Å². The number of ether oxygens (including phenoxy) is 2. The van der Waals surface area contributed by atoms with Gasteiger partial charge in [-0.1, -0.05) is 42.5 Å². The summed E-state index contributed by atoms with van der Waals surface area (Å²) in [5.74, 6) is 0.996. The topological polar surface area (TPSA) is 63.2 Å². The molecular formula is C27H31N3O3. The second-order valence-corrected chi connectivity index (χ2v) is 7.50. The smallest absolute Gasteiger partial charge is 0.280 e. The lowest BCUT2D eigenvalue weighted by atomic mass is 10.2. The van der Waals surface area contributed by atoms with E-state index in [2.05, 4.69) is 41.4 Å². The summed E-state index contributed by atoms with van der Waals surface area (Å²) in [5.41, 5.74) is 5.71. The molecule has 0 aromatic heterocycles. The number of hydrogen-bond donors (Lipinski definition) is 1. The molecule has 33 heavy (non-hydrogen) atoms. The molecule has 172 valence electrons. The molecule has 0 aliphatic heterocycles. The monoisotopic (exact) mass is 445 g/mol. The number of nitrogens with one attached hydrogen (secondary N) is 1. The Hall–Kier alpha value is -3.80. The summed E-state index contributed by atoms with van der Waals surface area (Å²) in [6.07, 6.45) is 0.929. The van der Waals surface area contributed by atoms with Gasteiger partial charge in [-0.25, -0.2) is 5.43 Å². The molecule has 0 fully saturated rings. The molecule has 0 heterocycles. The average Bonchev–Trinajstić information content (AvgIpc) is 2.86. The van der Waals surface area contributed by atoms with Gasteiger partial charge in [-0.05, 0) is 68.3 Å². The van der Waals surface area contributed by atoms with Gasteiger partial charge in [-0.2, -0.15) is 5.10 Å². The molecule has 0 bridgehead atoms. The summed E-state index contributed by atoms with van der Waals surface area (Å²) in [5, 5.41) is 4.05. The van der Waals surface area contributed by atoms with Crippen LogP contribution in [0.25, 0.3) is 0 Å². The van der Waals surface area contributed by atoms with Crippen LogP contribution in [0.2, 0.25) is 0 Å². The fraction of sp³-hybridized carbons (Fsp3) is 0.259. The van der Waals surface area contributed by atoms with Crippen molar-refractivity contribution in [3.05, 3.63) is 90.0 Å². The lowest BCUT2D eigenvalue weighted by Crippen LogP contribution is -2.33. The van der Waals surface area contributed by atoms with Gasteiger partial charge >= 0.3 is 0 Å². The minimum atomic E-state index is -0.691. The number of benzene rings is 3. The van der Waals surface area contributed by atoms with Gasteiger partial charge in [-0.3, -0.25) is 4.79 Å². The molecule has 1 atom stereocenters. The molecule has 1 N–H and O–H groups in total. The maximum atomic E-state index is 12.3. The molecule has 3 aromatic rings. The first-order valence-corrected chi connectivity index (χ1v) is 11.2. The summed E-state index contributed by atoms with van der Waals surface area (Å²) in [7, 11) is 0. The van der Waals surface area contributed by atoms with Crippen molar-refractivity contribution in [1.82, 2.24) is 5.43 Å². The number of hydrogen-bond acceptors (Lipinski definition) is 5. The Labute approximate surface area is 195 Å². The van der Waals surface area contributed by atoms with Crippen LogP contribution in [0.5, 0.6) is 11.5 Å². The Morgan fingerprint density at radius 2 is 1.58 bits per heavy atom. The van der Waals surface area contributed by atoms with Gasteiger partial charge in [0, 0.05) is 18.8 Å². The fourth-order valence-electron chi connectivity index (χ4n) is 3.23. The molecule has 6 nitrogen and oxygen atoms in total. The Morgan fingerprint density at radius 3 is 2.21 bits per heavy atom. The van der Waals surface area contributed by atoms with Gasteiger partial charge in [0.1, 0.15) is 18.1 Å². The highest BCUT2D eigenvalue weighted by atomic mass is 16.5. The Morgan fingerprint density at radius 1 is 0.939 bits per heavy atom. The summed E-state index contributed by atoms with van der Waals surface area (Å²) in [6.45, 7) is 8.36. The molecule has 0 aliphatic carbocycles. The third-order valence-corrected chi connectivity index (χ3v) is 5.16. The normalized spacial score (nSPS) is 11.7. The number of nitrogens with zero attached hydrogens (tertiary/aromatic N) is 2. The third kappa shape index (κ3) is 7.38. The molecule has 0 radical (unpaired) electrons. The van der Waals surface area contributed by atoms with Gasteiger partial charge in [0.15, 0.2) is 6.10 Å². The van der Waals surface area contributed by atoms with Crippen LogP contribution in [0.15, 0.2) is 84.0 Å². The van der Waals surface area contributed by atoms with E-state index in [4.69, 9.17) is 9.47 Å². The highest BCUT2D eigenvalue weighted by Gasteiger charge is 2.14. The number of anilines is 1. The molecule has 0 saturated carbocycles. The highest BCUT2D eigenvalue weighted by Crippen LogP contribution is 2.20. The summed E-state index contributed by atoms with van der Waals surface area (Å²) in [6, 6.07) is 25.2. The van der Waals surface area contributed by atoms with E-state index >= 15 is 0 Å². The van der Waals surface area contributed by atoms with E-state index in [9.17, 15) is 4.79 Å². The Kier molecular flexibility index (Phi) is 8.88.